The third kappa shape index (κ3) is 9.08. The number of anilines is 1. The molecule has 5 N–H and O–H groups in total. The van der Waals surface area contributed by atoms with Gasteiger partial charge < -0.3 is 26.0 Å². The van der Waals surface area contributed by atoms with Crippen LogP contribution >= 0.6 is 0 Å². The van der Waals surface area contributed by atoms with Gasteiger partial charge in [0.25, 0.3) is 5.91 Å². The molecule has 1 amide bonds. The van der Waals surface area contributed by atoms with Crippen LogP contribution in [0.1, 0.15) is 87.1 Å². The number of hydrogen-bond acceptors (Lipinski definition) is 5. The monoisotopic (exact) mass is 442 g/mol. The lowest BCUT2D eigenvalue weighted by atomic mass is 10.1. The molecule has 6 nitrogen and oxygen atoms in total. The molecule has 0 radical (unpaired) electrons. The molecule has 0 aliphatic heterocycles. The van der Waals surface area contributed by atoms with Crippen LogP contribution in [-0.2, 0) is 6.54 Å². The Kier molecular flexibility index (Phi) is 11.3. The van der Waals surface area contributed by atoms with Gasteiger partial charge in [0.05, 0.1) is 5.56 Å². The maximum Gasteiger partial charge on any atom is 0.255 e. The number of aromatic hydroxyl groups is 3. The van der Waals surface area contributed by atoms with Crippen molar-refractivity contribution < 1.29 is 20.1 Å². The van der Waals surface area contributed by atoms with Crippen LogP contribution in [0.4, 0.5) is 5.69 Å². The van der Waals surface area contributed by atoms with Gasteiger partial charge in [0, 0.05) is 24.3 Å². The van der Waals surface area contributed by atoms with E-state index < -0.39 is 0 Å². The van der Waals surface area contributed by atoms with Crippen molar-refractivity contribution in [2.75, 3.05) is 11.9 Å². The molecule has 176 valence electrons. The molecule has 0 heterocycles. The average Bonchev–Trinajstić information content (AvgIpc) is 2.78. The molecule has 2 rings (SSSR count). The summed E-state index contributed by atoms with van der Waals surface area (Å²) in [6.07, 6.45) is 12.4. The summed E-state index contributed by atoms with van der Waals surface area (Å²) >= 11 is 0. The van der Waals surface area contributed by atoms with E-state index in [9.17, 15) is 20.1 Å². The van der Waals surface area contributed by atoms with Crippen molar-refractivity contribution in [3.8, 4) is 17.2 Å². The van der Waals surface area contributed by atoms with E-state index in [0.717, 1.165) is 12.8 Å². The molecule has 0 spiro atoms. The van der Waals surface area contributed by atoms with Crippen molar-refractivity contribution in [3.05, 3.63) is 47.5 Å². The molecule has 0 unspecified atom stereocenters. The number of hydrogen-bond donors (Lipinski definition) is 5. The van der Waals surface area contributed by atoms with Gasteiger partial charge in [0.2, 0.25) is 0 Å². The number of rotatable bonds is 15. The Morgan fingerprint density at radius 1 is 0.781 bits per heavy atom. The molecule has 0 aromatic heterocycles. The predicted octanol–water partition coefficient (Wildman–Crippen LogP) is 6.07. The predicted molar refractivity (Wildman–Crippen MR) is 129 cm³/mol. The van der Waals surface area contributed by atoms with E-state index in [1.165, 1.54) is 75.6 Å². The van der Waals surface area contributed by atoms with Crippen LogP contribution in [-0.4, -0.2) is 27.8 Å². The van der Waals surface area contributed by atoms with Crippen molar-refractivity contribution in [3.63, 3.8) is 0 Å². The fourth-order valence-electron chi connectivity index (χ4n) is 3.65. The van der Waals surface area contributed by atoms with Gasteiger partial charge in [-0.05, 0) is 42.8 Å². The summed E-state index contributed by atoms with van der Waals surface area (Å²) in [5, 5.41) is 35.5. The standard InChI is InChI=1S/C26H38N2O4/c1-2-3-4-5-6-7-8-9-10-11-16-27-26(32)23-18-21(12-14-25(23)31)28-19-20-17-22(29)13-15-24(20)30/h12-15,17-18,28-31H,2-11,16,19H2,1H3,(H,27,32). The van der Waals surface area contributed by atoms with E-state index in [1.54, 1.807) is 12.1 Å². The summed E-state index contributed by atoms with van der Waals surface area (Å²) in [6, 6.07) is 9.03. The quantitative estimate of drug-likeness (QED) is 0.170. The van der Waals surface area contributed by atoms with Crippen LogP contribution in [0.2, 0.25) is 0 Å². The van der Waals surface area contributed by atoms with Gasteiger partial charge in [-0.25, -0.2) is 0 Å². The number of amides is 1. The summed E-state index contributed by atoms with van der Waals surface area (Å²) < 4.78 is 0. The smallest absolute Gasteiger partial charge is 0.255 e. The number of phenolic OH excluding ortho intramolecular Hbond substituents is 3. The van der Waals surface area contributed by atoms with E-state index >= 15 is 0 Å². The number of carbonyl (C=O) groups is 1. The first-order chi connectivity index (χ1) is 15.5. The number of phenols is 3. The van der Waals surface area contributed by atoms with Crippen LogP contribution in [0.5, 0.6) is 17.2 Å². The lowest BCUT2D eigenvalue weighted by Gasteiger charge is -2.12. The Balaban J connectivity index is 1.70. The lowest BCUT2D eigenvalue weighted by Crippen LogP contribution is -2.24. The zero-order chi connectivity index (χ0) is 23.2. The minimum Gasteiger partial charge on any atom is -0.508 e. The molecule has 32 heavy (non-hydrogen) atoms. The zero-order valence-electron chi connectivity index (χ0n) is 19.2. The normalized spacial score (nSPS) is 10.8. The van der Waals surface area contributed by atoms with E-state index in [1.807, 2.05) is 0 Å². The van der Waals surface area contributed by atoms with Gasteiger partial charge in [0.1, 0.15) is 17.2 Å². The zero-order valence-corrected chi connectivity index (χ0v) is 19.2. The van der Waals surface area contributed by atoms with Crippen molar-refractivity contribution in [1.29, 1.82) is 0 Å². The van der Waals surface area contributed by atoms with Gasteiger partial charge >= 0.3 is 0 Å². The Labute approximate surface area is 191 Å². The summed E-state index contributed by atoms with van der Waals surface area (Å²) in [7, 11) is 0. The highest BCUT2D eigenvalue weighted by Gasteiger charge is 2.12. The topological polar surface area (TPSA) is 102 Å². The van der Waals surface area contributed by atoms with Crippen LogP contribution < -0.4 is 10.6 Å². The highest BCUT2D eigenvalue weighted by molar-refractivity contribution is 5.97. The SMILES string of the molecule is CCCCCCCCCCCCNC(=O)c1cc(NCc2cc(O)ccc2O)ccc1O. The lowest BCUT2D eigenvalue weighted by molar-refractivity contribution is 0.0950. The molecule has 2 aromatic carbocycles. The van der Waals surface area contributed by atoms with Crippen molar-refractivity contribution in [1.82, 2.24) is 5.32 Å². The second-order valence-electron chi connectivity index (χ2n) is 8.34. The first kappa shape index (κ1) is 25.4. The van der Waals surface area contributed by atoms with Gasteiger partial charge in [-0.1, -0.05) is 64.7 Å². The Hall–Kier alpha value is -2.89. The van der Waals surface area contributed by atoms with E-state index in [4.69, 9.17) is 0 Å². The largest absolute Gasteiger partial charge is 0.508 e. The highest BCUT2D eigenvalue weighted by Crippen LogP contribution is 2.25. The third-order valence-electron chi connectivity index (χ3n) is 5.60. The fourth-order valence-corrected chi connectivity index (χ4v) is 3.65. The molecule has 6 heteroatoms. The van der Waals surface area contributed by atoms with Crippen LogP contribution in [0, 0.1) is 0 Å². The Morgan fingerprint density at radius 3 is 2.09 bits per heavy atom. The van der Waals surface area contributed by atoms with Crippen molar-refractivity contribution in [2.24, 2.45) is 0 Å². The first-order valence-corrected chi connectivity index (χ1v) is 11.9. The molecule has 0 aliphatic rings. The number of carbonyl (C=O) groups excluding carboxylic acids is 1. The van der Waals surface area contributed by atoms with Crippen LogP contribution in [0.3, 0.4) is 0 Å². The highest BCUT2D eigenvalue weighted by atomic mass is 16.3. The van der Waals surface area contributed by atoms with E-state index in [0.29, 0.717) is 17.8 Å². The van der Waals surface area contributed by atoms with E-state index in [-0.39, 0.29) is 35.3 Å². The molecule has 0 fully saturated rings. The molecule has 0 saturated heterocycles. The molecule has 2 aromatic rings. The number of nitrogens with one attached hydrogen (secondary N) is 2. The molecule has 0 saturated carbocycles. The van der Waals surface area contributed by atoms with Gasteiger partial charge in [-0.2, -0.15) is 0 Å². The second kappa shape index (κ2) is 14.2. The number of unbranched alkanes of at least 4 members (excludes halogenated alkanes) is 9. The van der Waals surface area contributed by atoms with Crippen LogP contribution in [0.15, 0.2) is 36.4 Å². The fraction of sp³-hybridized carbons (Fsp3) is 0.500. The summed E-state index contributed by atoms with van der Waals surface area (Å²) in [5.74, 6) is -0.237. The maximum absolute atomic E-state index is 12.5. The summed E-state index contributed by atoms with van der Waals surface area (Å²) in [5.41, 5.74) is 1.38. The van der Waals surface area contributed by atoms with Gasteiger partial charge in [0.15, 0.2) is 0 Å². The Morgan fingerprint density at radius 2 is 1.41 bits per heavy atom. The minimum absolute atomic E-state index is 0.0670. The molecule has 0 aliphatic carbocycles. The average molecular weight is 443 g/mol. The Bertz CT molecular complexity index is 839. The van der Waals surface area contributed by atoms with Crippen molar-refractivity contribution in [2.45, 2.75) is 77.7 Å². The van der Waals surface area contributed by atoms with Crippen LogP contribution in [0.25, 0.3) is 0 Å². The number of benzene rings is 2. The summed E-state index contributed by atoms with van der Waals surface area (Å²) in [6.45, 7) is 3.09. The van der Waals surface area contributed by atoms with E-state index in [2.05, 4.69) is 17.6 Å². The maximum atomic E-state index is 12.5. The third-order valence-corrected chi connectivity index (χ3v) is 5.60. The van der Waals surface area contributed by atoms with Crippen molar-refractivity contribution >= 4 is 11.6 Å². The molecule has 0 atom stereocenters. The molecular weight excluding hydrogens is 404 g/mol. The van der Waals surface area contributed by atoms with Gasteiger partial charge in [-0.3, -0.25) is 4.79 Å². The first-order valence-electron chi connectivity index (χ1n) is 11.9. The summed E-state index contributed by atoms with van der Waals surface area (Å²) in [4.78, 5) is 12.5. The second-order valence-corrected chi connectivity index (χ2v) is 8.34. The minimum atomic E-state index is -0.303. The molecule has 0 bridgehead atoms. The molecular formula is C26H38N2O4. The van der Waals surface area contributed by atoms with Gasteiger partial charge in [-0.15, -0.1) is 0 Å².